The summed E-state index contributed by atoms with van der Waals surface area (Å²) in [6.45, 7) is 3.89. The van der Waals surface area contributed by atoms with Gasteiger partial charge in [0.05, 0.1) is 0 Å². The number of amides is 3. The zero-order chi connectivity index (χ0) is 16.3. The van der Waals surface area contributed by atoms with Gasteiger partial charge < -0.3 is 10.4 Å². The summed E-state index contributed by atoms with van der Waals surface area (Å²) in [5.41, 5.74) is 0.766. The second-order valence-electron chi connectivity index (χ2n) is 5.88. The number of aliphatic carboxylic acids is 1. The smallest absolute Gasteiger partial charge is 0.327 e. The Kier molecular flexibility index (Phi) is 4.80. The van der Waals surface area contributed by atoms with Gasteiger partial charge in [0.1, 0.15) is 12.1 Å². The third kappa shape index (κ3) is 3.44. The number of nitrogens with one attached hydrogen (secondary N) is 1. The Morgan fingerprint density at radius 1 is 1.27 bits per heavy atom. The van der Waals surface area contributed by atoms with E-state index in [1.807, 2.05) is 19.9 Å². The molecule has 2 rings (SSSR count). The molecule has 118 valence electrons. The molecule has 3 amide bonds. The van der Waals surface area contributed by atoms with Crippen molar-refractivity contribution >= 4 is 17.9 Å². The van der Waals surface area contributed by atoms with Crippen molar-refractivity contribution in [1.29, 1.82) is 0 Å². The van der Waals surface area contributed by atoms with E-state index in [-0.39, 0.29) is 12.3 Å². The summed E-state index contributed by atoms with van der Waals surface area (Å²) in [6.07, 6.45) is 0.600. The van der Waals surface area contributed by atoms with Crippen molar-refractivity contribution in [2.24, 2.45) is 5.92 Å². The van der Waals surface area contributed by atoms with Crippen molar-refractivity contribution in [2.45, 2.75) is 38.8 Å². The number of benzene rings is 1. The molecule has 1 fully saturated rings. The van der Waals surface area contributed by atoms with E-state index in [1.165, 1.54) is 0 Å². The lowest BCUT2D eigenvalue weighted by Crippen LogP contribution is -2.47. The Labute approximate surface area is 129 Å². The van der Waals surface area contributed by atoms with Crippen molar-refractivity contribution in [3.05, 3.63) is 35.9 Å². The average Bonchev–Trinajstić information content (AvgIpc) is 2.71. The van der Waals surface area contributed by atoms with Crippen molar-refractivity contribution in [3.63, 3.8) is 0 Å². The number of nitrogens with zero attached hydrogens (tertiary/aromatic N) is 1. The standard InChI is InChI=1S/C16H20N2O4/c1-10(2)8-12-14(19)18(16(22)17-12)13(15(20)21)9-11-6-4-3-5-7-11/h3-7,10,12-13H,8-9H2,1-2H3,(H,17,22)(H,20,21)/t12-,13-/m0/s1. The van der Waals surface area contributed by atoms with E-state index in [9.17, 15) is 19.5 Å². The number of hydrogen-bond acceptors (Lipinski definition) is 3. The van der Waals surface area contributed by atoms with E-state index in [0.29, 0.717) is 6.42 Å². The number of hydrogen-bond donors (Lipinski definition) is 2. The summed E-state index contributed by atoms with van der Waals surface area (Å²) in [5, 5.41) is 12.0. The number of imide groups is 1. The molecule has 0 aliphatic carbocycles. The molecule has 1 aromatic carbocycles. The first kappa shape index (κ1) is 16.0. The molecule has 2 N–H and O–H groups in total. The third-order valence-corrected chi connectivity index (χ3v) is 3.63. The fourth-order valence-corrected chi connectivity index (χ4v) is 2.60. The first-order valence-electron chi connectivity index (χ1n) is 7.30. The van der Waals surface area contributed by atoms with Crippen molar-refractivity contribution in [3.8, 4) is 0 Å². The molecule has 22 heavy (non-hydrogen) atoms. The highest BCUT2D eigenvalue weighted by Crippen LogP contribution is 2.19. The summed E-state index contributed by atoms with van der Waals surface area (Å²) in [5.74, 6) is -1.41. The van der Waals surface area contributed by atoms with Crippen LogP contribution in [0.25, 0.3) is 0 Å². The molecule has 0 spiro atoms. The predicted molar refractivity (Wildman–Crippen MR) is 80.2 cm³/mol. The summed E-state index contributed by atoms with van der Waals surface area (Å²) >= 11 is 0. The second-order valence-corrected chi connectivity index (χ2v) is 5.88. The quantitative estimate of drug-likeness (QED) is 0.782. The van der Waals surface area contributed by atoms with Crippen molar-refractivity contribution in [2.75, 3.05) is 0 Å². The number of rotatable bonds is 6. The summed E-state index contributed by atoms with van der Waals surface area (Å²) in [4.78, 5) is 36.8. The van der Waals surface area contributed by atoms with Gasteiger partial charge in [0.15, 0.2) is 0 Å². The number of carboxylic acids is 1. The Hall–Kier alpha value is -2.37. The van der Waals surface area contributed by atoms with Gasteiger partial charge in [-0.3, -0.25) is 4.79 Å². The van der Waals surface area contributed by atoms with E-state index in [1.54, 1.807) is 24.3 Å². The highest BCUT2D eigenvalue weighted by molar-refractivity contribution is 6.06. The Balaban J connectivity index is 2.19. The van der Waals surface area contributed by atoms with Gasteiger partial charge in [-0.15, -0.1) is 0 Å². The Bertz CT molecular complexity index is 571. The van der Waals surface area contributed by atoms with Crippen LogP contribution in [0.4, 0.5) is 4.79 Å². The van der Waals surface area contributed by atoms with E-state index in [4.69, 9.17) is 0 Å². The Morgan fingerprint density at radius 2 is 1.91 bits per heavy atom. The molecule has 0 bridgehead atoms. The van der Waals surface area contributed by atoms with Crippen LogP contribution in [0.2, 0.25) is 0 Å². The zero-order valence-electron chi connectivity index (χ0n) is 12.7. The van der Waals surface area contributed by atoms with E-state index in [2.05, 4.69) is 5.32 Å². The van der Waals surface area contributed by atoms with Gasteiger partial charge in [0.2, 0.25) is 0 Å². The van der Waals surface area contributed by atoms with E-state index < -0.39 is 30.0 Å². The first-order chi connectivity index (χ1) is 10.4. The zero-order valence-corrected chi connectivity index (χ0v) is 12.7. The maximum absolute atomic E-state index is 12.4. The largest absolute Gasteiger partial charge is 0.480 e. The minimum Gasteiger partial charge on any atom is -0.480 e. The van der Waals surface area contributed by atoms with Crippen LogP contribution >= 0.6 is 0 Å². The molecular formula is C16H20N2O4. The number of carboxylic acid groups (broad SMARTS) is 1. The summed E-state index contributed by atoms with van der Waals surface area (Å²) in [7, 11) is 0. The van der Waals surface area contributed by atoms with Gasteiger partial charge in [-0.25, -0.2) is 14.5 Å². The third-order valence-electron chi connectivity index (χ3n) is 3.63. The van der Waals surface area contributed by atoms with E-state index in [0.717, 1.165) is 10.5 Å². The number of carbonyl (C=O) groups is 3. The highest BCUT2D eigenvalue weighted by Gasteiger charge is 2.44. The molecule has 0 radical (unpaired) electrons. The second kappa shape index (κ2) is 6.60. The van der Waals surface area contributed by atoms with Gasteiger partial charge in [-0.2, -0.15) is 0 Å². The molecule has 0 unspecified atom stereocenters. The SMILES string of the molecule is CC(C)C[C@@H]1NC(=O)N([C@@H](Cc2ccccc2)C(=O)O)C1=O. The molecule has 1 aliphatic heterocycles. The highest BCUT2D eigenvalue weighted by atomic mass is 16.4. The monoisotopic (exact) mass is 304 g/mol. The van der Waals surface area contributed by atoms with Crippen LogP contribution in [0, 0.1) is 5.92 Å². The van der Waals surface area contributed by atoms with Crippen molar-refractivity contribution in [1.82, 2.24) is 10.2 Å². The maximum atomic E-state index is 12.4. The summed E-state index contributed by atoms with van der Waals surface area (Å²) < 4.78 is 0. The normalized spacial score (nSPS) is 19.4. The molecule has 2 atom stereocenters. The van der Waals surface area contributed by atoms with Crippen LogP contribution in [0.3, 0.4) is 0 Å². The van der Waals surface area contributed by atoms with Gasteiger partial charge in [0.25, 0.3) is 5.91 Å². The van der Waals surface area contributed by atoms with Gasteiger partial charge in [0, 0.05) is 6.42 Å². The van der Waals surface area contributed by atoms with Crippen LogP contribution in [0.5, 0.6) is 0 Å². The van der Waals surface area contributed by atoms with Crippen LogP contribution in [-0.2, 0) is 16.0 Å². The molecule has 6 nitrogen and oxygen atoms in total. The lowest BCUT2D eigenvalue weighted by atomic mass is 10.0. The molecule has 0 aromatic heterocycles. The molecule has 1 saturated heterocycles. The predicted octanol–water partition coefficient (Wildman–Crippen LogP) is 1.65. The minimum absolute atomic E-state index is 0.101. The van der Waals surface area contributed by atoms with Gasteiger partial charge in [-0.05, 0) is 17.9 Å². The maximum Gasteiger partial charge on any atom is 0.327 e. The molecule has 1 aromatic rings. The van der Waals surface area contributed by atoms with E-state index >= 15 is 0 Å². The fourth-order valence-electron chi connectivity index (χ4n) is 2.60. The summed E-state index contributed by atoms with van der Waals surface area (Å²) in [6, 6.07) is 6.52. The molecule has 1 heterocycles. The van der Waals surface area contributed by atoms with Crippen LogP contribution in [-0.4, -0.2) is 40.0 Å². The van der Waals surface area contributed by atoms with Crippen LogP contribution in [0.1, 0.15) is 25.8 Å². The van der Waals surface area contributed by atoms with Crippen LogP contribution in [0.15, 0.2) is 30.3 Å². The number of urea groups is 1. The molecular weight excluding hydrogens is 284 g/mol. The molecule has 6 heteroatoms. The van der Waals surface area contributed by atoms with Gasteiger partial charge in [-0.1, -0.05) is 44.2 Å². The van der Waals surface area contributed by atoms with Crippen LogP contribution < -0.4 is 5.32 Å². The lowest BCUT2D eigenvalue weighted by molar-refractivity contribution is -0.146. The van der Waals surface area contributed by atoms with Crippen molar-refractivity contribution < 1.29 is 19.5 Å². The average molecular weight is 304 g/mol. The first-order valence-corrected chi connectivity index (χ1v) is 7.30. The molecule has 0 saturated carbocycles. The molecule has 1 aliphatic rings. The number of carbonyl (C=O) groups excluding carboxylic acids is 2. The van der Waals surface area contributed by atoms with Gasteiger partial charge >= 0.3 is 12.0 Å². The fraction of sp³-hybridized carbons (Fsp3) is 0.438. The lowest BCUT2D eigenvalue weighted by Gasteiger charge is -2.22. The topological polar surface area (TPSA) is 86.7 Å². The minimum atomic E-state index is -1.19. The Morgan fingerprint density at radius 3 is 2.45 bits per heavy atom.